The van der Waals surface area contributed by atoms with Crippen LogP contribution in [0, 0.1) is 0 Å². The van der Waals surface area contributed by atoms with Crippen molar-refractivity contribution in [2.45, 2.75) is 25.7 Å². The van der Waals surface area contributed by atoms with Gasteiger partial charge in [0, 0.05) is 25.9 Å². The first-order valence-corrected chi connectivity index (χ1v) is 6.92. The number of carbonyl (C=O) groups excluding carboxylic acids is 4. The van der Waals surface area contributed by atoms with Crippen molar-refractivity contribution in [2.75, 3.05) is 26.4 Å². The van der Waals surface area contributed by atoms with Crippen LogP contribution in [0.2, 0.25) is 0 Å². The number of hydrogen-bond donors (Lipinski definition) is 0. The summed E-state index contributed by atoms with van der Waals surface area (Å²) in [5, 5.41) is 0.471. The number of nitrogens with zero attached hydrogens (tertiary/aromatic N) is 1. The van der Waals surface area contributed by atoms with E-state index in [0.29, 0.717) is 24.5 Å². The third kappa shape index (κ3) is 6.59. The monoisotopic (exact) mass is 313 g/mol. The lowest BCUT2D eigenvalue weighted by molar-refractivity contribution is -0.200. The van der Waals surface area contributed by atoms with Gasteiger partial charge in [-0.1, -0.05) is 6.58 Å². The Kier molecular flexibility index (Phi) is 8.01. The number of ketones is 1. The first-order valence-electron chi connectivity index (χ1n) is 6.92. The topological polar surface area (TPSA) is 99.2 Å². The lowest BCUT2D eigenvalue weighted by atomic mass is 10.2. The summed E-state index contributed by atoms with van der Waals surface area (Å²) in [6, 6.07) is 0. The van der Waals surface area contributed by atoms with E-state index in [9.17, 15) is 19.2 Å². The number of hydrogen-bond acceptors (Lipinski definition) is 7. The Morgan fingerprint density at radius 3 is 2.36 bits per heavy atom. The average molecular weight is 313 g/mol. The molecule has 22 heavy (non-hydrogen) atoms. The van der Waals surface area contributed by atoms with Gasteiger partial charge in [-0.3, -0.25) is 14.4 Å². The van der Waals surface area contributed by atoms with Crippen LogP contribution >= 0.6 is 0 Å². The molecule has 1 aliphatic heterocycles. The zero-order valence-electron chi connectivity index (χ0n) is 12.2. The molecular weight excluding hydrogens is 294 g/mol. The number of carbonyl (C=O) groups is 4. The summed E-state index contributed by atoms with van der Waals surface area (Å²) in [6.45, 7) is 3.81. The Morgan fingerprint density at radius 2 is 1.73 bits per heavy atom. The minimum Gasteiger partial charge on any atom is -0.379 e. The predicted octanol–water partition coefficient (Wildman–Crippen LogP) is 0.162. The molecule has 0 aliphatic carbocycles. The lowest BCUT2D eigenvalue weighted by Gasteiger charge is -2.12. The summed E-state index contributed by atoms with van der Waals surface area (Å²) in [6.07, 6.45) is 2.34. The highest BCUT2D eigenvalue weighted by Gasteiger charge is 2.32. The van der Waals surface area contributed by atoms with E-state index in [0.717, 1.165) is 0 Å². The molecule has 0 aromatic rings. The second-order valence-electron chi connectivity index (χ2n) is 4.48. The van der Waals surface area contributed by atoms with E-state index in [1.54, 1.807) is 0 Å². The van der Waals surface area contributed by atoms with Gasteiger partial charge in [-0.05, 0) is 12.5 Å². The molecule has 0 unspecified atom stereocenters. The lowest BCUT2D eigenvalue weighted by Crippen LogP contribution is -2.33. The Morgan fingerprint density at radius 1 is 1.09 bits per heavy atom. The van der Waals surface area contributed by atoms with Crippen LogP contribution in [0.5, 0.6) is 0 Å². The van der Waals surface area contributed by atoms with Gasteiger partial charge in [-0.15, -0.1) is 5.06 Å². The fraction of sp³-hybridized carbons (Fsp3) is 0.571. The average Bonchev–Trinajstić information content (AvgIpc) is 2.81. The molecule has 1 saturated heterocycles. The molecule has 0 N–H and O–H groups in total. The molecule has 8 nitrogen and oxygen atoms in total. The van der Waals surface area contributed by atoms with Crippen molar-refractivity contribution in [2.24, 2.45) is 0 Å². The maximum absolute atomic E-state index is 11.4. The van der Waals surface area contributed by atoms with E-state index in [1.165, 1.54) is 6.08 Å². The molecule has 0 saturated carbocycles. The van der Waals surface area contributed by atoms with E-state index in [1.807, 2.05) is 0 Å². The molecule has 0 atom stereocenters. The van der Waals surface area contributed by atoms with Crippen molar-refractivity contribution >= 4 is 23.6 Å². The molecule has 122 valence electrons. The molecule has 0 radical (unpaired) electrons. The number of imide groups is 1. The van der Waals surface area contributed by atoms with Gasteiger partial charge in [-0.25, -0.2) is 4.79 Å². The Balaban J connectivity index is 1.99. The standard InChI is InChI=1S/C14H19NO7/c1-2-11(16)4-3-7-20-8-9-21-10-14(19)22-15-12(17)5-6-13(15)18/h2H,1,3-10H2. The largest absolute Gasteiger partial charge is 0.379 e. The van der Waals surface area contributed by atoms with Crippen LogP contribution in [0.4, 0.5) is 0 Å². The molecule has 0 aromatic carbocycles. The Hall–Kier alpha value is -2.06. The van der Waals surface area contributed by atoms with E-state index >= 15 is 0 Å². The van der Waals surface area contributed by atoms with Crippen LogP contribution in [-0.2, 0) is 33.5 Å². The van der Waals surface area contributed by atoms with Gasteiger partial charge >= 0.3 is 5.97 Å². The molecule has 8 heteroatoms. The molecule has 1 rings (SSSR count). The highest BCUT2D eigenvalue weighted by atomic mass is 16.7. The molecule has 0 bridgehead atoms. The molecule has 2 amide bonds. The van der Waals surface area contributed by atoms with E-state index in [-0.39, 0.29) is 38.4 Å². The van der Waals surface area contributed by atoms with Crippen LogP contribution in [-0.4, -0.2) is 55.1 Å². The van der Waals surface area contributed by atoms with Crippen molar-refractivity contribution in [3.8, 4) is 0 Å². The molecule has 1 aliphatic rings. The maximum Gasteiger partial charge on any atom is 0.358 e. The van der Waals surface area contributed by atoms with Gasteiger partial charge in [0.2, 0.25) is 0 Å². The van der Waals surface area contributed by atoms with Crippen molar-refractivity contribution in [1.82, 2.24) is 5.06 Å². The molecule has 0 spiro atoms. The summed E-state index contributed by atoms with van der Waals surface area (Å²) in [5.41, 5.74) is 0. The second-order valence-corrected chi connectivity index (χ2v) is 4.48. The number of amides is 2. The number of ether oxygens (including phenoxy) is 2. The first kappa shape index (κ1) is 18.0. The fourth-order valence-electron chi connectivity index (χ4n) is 1.61. The third-order valence-electron chi connectivity index (χ3n) is 2.73. The van der Waals surface area contributed by atoms with Gasteiger partial charge in [0.15, 0.2) is 5.78 Å². The predicted molar refractivity (Wildman–Crippen MR) is 73.3 cm³/mol. The van der Waals surface area contributed by atoms with Gasteiger partial charge in [0.05, 0.1) is 13.2 Å². The Bertz CT molecular complexity index is 430. The maximum atomic E-state index is 11.4. The van der Waals surface area contributed by atoms with Crippen LogP contribution in [0.1, 0.15) is 25.7 Å². The van der Waals surface area contributed by atoms with Crippen molar-refractivity contribution in [3.05, 3.63) is 12.7 Å². The molecule has 1 heterocycles. The smallest absolute Gasteiger partial charge is 0.358 e. The van der Waals surface area contributed by atoms with Crippen molar-refractivity contribution in [1.29, 1.82) is 0 Å². The van der Waals surface area contributed by atoms with Gasteiger partial charge in [-0.2, -0.15) is 0 Å². The first-order chi connectivity index (χ1) is 10.5. The van der Waals surface area contributed by atoms with Crippen LogP contribution in [0.3, 0.4) is 0 Å². The number of rotatable bonds is 11. The normalized spacial score (nSPS) is 14.3. The van der Waals surface area contributed by atoms with Crippen molar-refractivity contribution in [3.63, 3.8) is 0 Å². The SMILES string of the molecule is C=CC(=O)CCCOCCOCC(=O)ON1C(=O)CCC1=O. The summed E-state index contributed by atoms with van der Waals surface area (Å²) >= 11 is 0. The summed E-state index contributed by atoms with van der Waals surface area (Å²) in [7, 11) is 0. The third-order valence-corrected chi connectivity index (χ3v) is 2.73. The Labute approximate surface area is 127 Å². The summed E-state index contributed by atoms with van der Waals surface area (Å²) in [5.74, 6) is -1.92. The minimum atomic E-state index is -0.819. The number of allylic oxidation sites excluding steroid dienone is 1. The number of hydroxylamine groups is 2. The van der Waals surface area contributed by atoms with Gasteiger partial charge < -0.3 is 14.3 Å². The van der Waals surface area contributed by atoms with Crippen LogP contribution < -0.4 is 0 Å². The van der Waals surface area contributed by atoms with Gasteiger partial charge in [0.25, 0.3) is 11.8 Å². The fourth-order valence-corrected chi connectivity index (χ4v) is 1.61. The second kappa shape index (κ2) is 9.80. The minimum absolute atomic E-state index is 0.0337. The molecular formula is C14H19NO7. The highest BCUT2D eigenvalue weighted by molar-refractivity contribution is 6.01. The molecule has 0 aromatic heterocycles. The van der Waals surface area contributed by atoms with E-state index in [4.69, 9.17) is 9.47 Å². The summed E-state index contributed by atoms with van der Waals surface area (Å²) in [4.78, 5) is 49.3. The van der Waals surface area contributed by atoms with Crippen LogP contribution in [0.25, 0.3) is 0 Å². The van der Waals surface area contributed by atoms with Gasteiger partial charge in [0.1, 0.15) is 6.61 Å². The molecule has 1 fully saturated rings. The summed E-state index contributed by atoms with van der Waals surface area (Å²) < 4.78 is 10.2. The zero-order chi connectivity index (χ0) is 16.4. The van der Waals surface area contributed by atoms with E-state index in [2.05, 4.69) is 11.4 Å². The quantitative estimate of drug-likeness (QED) is 0.304. The zero-order valence-corrected chi connectivity index (χ0v) is 12.2. The van der Waals surface area contributed by atoms with E-state index < -0.39 is 17.8 Å². The van der Waals surface area contributed by atoms with Crippen molar-refractivity contribution < 1.29 is 33.5 Å². The van der Waals surface area contributed by atoms with Crippen LogP contribution in [0.15, 0.2) is 12.7 Å². The highest BCUT2D eigenvalue weighted by Crippen LogP contribution is 2.11.